The third kappa shape index (κ3) is 5.81. The molecule has 10 nitrogen and oxygen atoms in total. The molecule has 0 fully saturated rings. The number of hydrogen-bond donors (Lipinski definition) is 6. The highest BCUT2D eigenvalue weighted by Crippen LogP contribution is 2.19. The smallest absolute Gasteiger partial charge is 0.322 e. The monoisotopic (exact) mass is 389 g/mol. The van der Waals surface area contributed by atoms with E-state index in [1.165, 1.54) is 0 Å². The number of H-pyrrole nitrogens is 1. The molecule has 0 radical (unpaired) electrons. The van der Waals surface area contributed by atoms with E-state index in [4.69, 9.17) is 16.6 Å². The van der Waals surface area contributed by atoms with E-state index in [0.717, 1.165) is 16.5 Å². The Bertz CT molecular complexity index is 878. The van der Waals surface area contributed by atoms with E-state index in [9.17, 15) is 19.2 Å². The van der Waals surface area contributed by atoms with Crippen molar-refractivity contribution in [3.63, 3.8) is 0 Å². The zero-order valence-electron chi connectivity index (χ0n) is 15.1. The van der Waals surface area contributed by atoms with Crippen molar-refractivity contribution in [2.24, 2.45) is 11.5 Å². The molecule has 0 aliphatic heterocycles. The van der Waals surface area contributed by atoms with Crippen LogP contribution < -0.4 is 22.1 Å². The number of aliphatic carboxylic acids is 1. The fourth-order valence-electron chi connectivity index (χ4n) is 2.72. The minimum absolute atomic E-state index is 0.0394. The molecule has 1 aromatic heterocycles. The van der Waals surface area contributed by atoms with Crippen molar-refractivity contribution in [2.45, 2.75) is 31.3 Å². The lowest BCUT2D eigenvalue weighted by Gasteiger charge is -2.20. The lowest BCUT2D eigenvalue weighted by atomic mass is 10.0. The van der Waals surface area contributed by atoms with Gasteiger partial charge < -0.3 is 32.2 Å². The summed E-state index contributed by atoms with van der Waals surface area (Å²) in [7, 11) is 0. The Labute approximate surface area is 160 Å². The van der Waals surface area contributed by atoms with Crippen LogP contribution in [-0.4, -0.2) is 52.4 Å². The van der Waals surface area contributed by atoms with Gasteiger partial charge in [0.25, 0.3) is 0 Å². The number of amides is 3. The Balaban J connectivity index is 2.14. The summed E-state index contributed by atoms with van der Waals surface area (Å²) in [5, 5.41) is 14.4. The van der Waals surface area contributed by atoms with E-state index >= 15 is 0 Å². The highest BCUT2D eigenvalue weighted by atomic mass is 16.4. The number of carbonyl (C=O) groups excluding carboxylic acids is 3. The average Bonchev–Trinajstić information content (AvgIpc) is 3.06. The molecule has 150 valence electrons. The van der Waals surface area contributed by atoms with Gasteiger partial charge in [-0.1, -0.05) is 18.2 Å². The van der Waals surface area contributed by atoms with Crippen LogP contribution in [-0.2, 0) is 25.6 Å². The molecule has 0 bridgehead atoms. The topological polar surface area (TPSA) is 180 Å². The van der Waals surface area contributed by atoms with Crippen LogP contribution in [0.15, 0.2) is 30.5 Å². The molecular weight excluding hydrogens is 366 g/mol. The van der Waals surface area contributed by atoms with Crippen LogP contribution in [0.2, 0.25) is 0 Å². The summed E-state index contributed by atoms with van der Waals surface area (Å²) < 4.78 is 0. The number of fused-ring (bicyclic) bond motifs is 1. The molecular formula is C18H23N5O5. The van der Waals surface area contributed by atoms with Crippen LogP contribution in [0.4, 0.5) is 0 Å². The largest absolute Gasteiger partial charge is 0.480 e. The fraction of sp³-hybridized carbons (Fsp3) is 0.333. The SMILES string of the molecule is NC(=O)CC[C@H](N)C(=O)N[C@@H](Cc1c[nH]c2ccccc12)C(=O)NCC(=O)O. The number of carboxylic acids is 1. The van der Waals surface area contributed by atoms with Crippen molar-refractivity contribution in [2.75, 3.05) is 6.54 Å². The maximum absolute atomic E-state index is 12.4. The highest BCUT2D eigenvalue weighted by Gasteiger charge is 2.25. The van der Waals surface area contributed by atoms with Crippen LogP contribution in [0.5, 0.6) is 0 Å². The zero-order chi connectivity index (χ0) is 20.7. The number of aromatic nitrogens is 1. The van der Waals surface area contributed by atoms with Crippen molar-refractivity contribution in [1.82, 2.24) is 15.6 Å². The molecule has 2 rings (SSSR count). The van der Waals surface area contributed by atoms with Crippen molar-refractivity contribution in [1.29, 1.82) is 0 Å². The van der Waals surface area contributed by atoms with Crippen LogP contribution >= 0.6 is 0 Å². The molecule has 0 spiro atoms. The lowest BCUT2D eigenvalue weighted by molar-refractivity contribution is -0.138. The van der Waals surface area contributed by atoms with E-state index in [1.807, 2.05) is 24.3 Å². The molecule has 0 unspecified atom stereocenters. The number of primary amides is 1. The molecule has 0 saturated carbocycles. The second-order valence-corrected chi connectivity index (χ2v) is 6.35. The van der Waals surface area contributed by atoms with Gasteiger partial charge in [0.1, 0.15) is 12.6 Å². The standard InChI is InChI=1S/C18H23N5O5/c19-12(5-6-15(20)24)17(27)23-14(18(28)22-9-16(25)26)7-10-8-21-13-4-2-1-3-11(10)13/h1-4,8,12,14,21H,5-7,9,19H2,(H2,20,24)(H,22,28)(H,23,27)(H,25,26)/t12-,14-/m0/s1. The second-order valence-electron chi connectivity index (χ2n) is 6.35. The van der Waals surface area contributed by atoms with Gasteiger partial charge in [0.2, 0.25) is 17.7 Å². The number of rotatable bonds is 10. The molecule has 28 heavy (non-hydrogen) atoms. The number of nitrogens with two attached hydrogens (primary N) is 2. The number of hydrogen-bond acceptors (Lipinski definition) is 5. The van der Waals surface area contributed by atoms with E-state index < -0.39 is 42.3 Å². The van der Waals surface area contributed by atoms with Gasteiger partial charge in [-0.05, 0) is 18.1 Å². The average molecular weight is 389 g/mol. The number of carbonyl (C=O) groups is 4. The maximum atomic E-state index is 12.4. The van der Waals surface area contributed by atoms with Gasteiger partial charge in [-0.15, -0.1) is 0 Å². The molecule has 0 aliphatic carbocycles. The Kier molecular flexibility index (Phi) is 7.10. The molecule has 1 heterocycles. The van der Waals surface area contributed by atoms with Gasteiger partial charge in [0.15, 0.2) is 0 Å². The van der Waals surface area contributed by atoms with E-state index in [2.05, 4.69) is 15.6 Å². The molecule has 3 amide bonds. The van der Waals surface area contributed by atoms with E-state index in [0.29, 0.717) is 0 Å². The molecule has 10 heteroatoms. The number of aromatic amines is 1. The predicted molar refractivity (Wildman–Crippen MR) is 101 cm³/mol. The van der Waals surface area contributed by atoms with E-state index in [-0.39, 0.29) is 19.3 Å². The molecule has 0 saturated heterocycles. The number of benzene rings is 1. The highest BCUT2D eigenvalue weighted by molar-refractivity contribution is 5.92. The minimum Gasteiger partial charge on any atom is -0.480 e. The maximum Gasteiger partial charge on any atom is 0.322 e. The molecule has 2 aromatic rings. The van der Waals surface area contributed by atoms with Gasteiger partial charge in [0, 0.05) is 29.9 Å². The lowest BCUT2D eigenvalue weighted by Crippen LogP contribution is -2.53. The summed E-state index contributed by atoms with van der Waals surface area (Å²) >= 11 is 0. The first-order valence-electron chi connectivity index (χ1n) is 8.66. The molecule has 1 aromatic carbocycles. The van der Waals surface area contributed by atoms with Gasteiger partial charge in [-0.3, -0.25) is 19.2 Å². The van der Waals surface area contributed by atoms with Crippen molar-refractivity contribution in [3.8, 4) is 0 Å². The summed E-state index contributed by atoms with van der Waals surface area (Å²) in [6.45, 7) is -0.577. The Morgan fingerprint density at radius 1 is 1.14 bits per heavy atom. The number of nitrogens with one attached hydrogen (secondary N) is 3. The first-order valence-corrected chi connectivity index (χ1v) is 8.66. The van der Waals surface area contributed by atoms with Crippen LogP contribution in [0, 0.1) is 0 Å². The molecule has 2 atom stereocenters. The Hall–Kier alpha value is -3.40. The summed E-state index contributed by atoms with van der Waals surface area (Å²) in [5.41, 5.74) is 12.4. The Morgan fingerprint density at radius 3 is 2.54 bits per heavy atom. The van der Waals surface area contributed by atoms with Crippen LogP contribution in [0.1, 0.15) is 18.4 Å². The minimum atomic E-state index is -1.20. The zero-order valence-corrected chi connectivity index (χ0v) is 15.1. The second kappa shape index (κ2) is 9.51. The summed E-state index contributed by atoms with van der Waals surface area (Å²) in [4.78, 5) is 49.4. The Morgan fingerprint density at radius 2 is 1.86 bits per heavy atom. The third-order valence-electron chi connectivity index (χ3n) is 4.18. The first-order chi connectivity index (χ1) is 13.3. The summed E-state index contributed by atoms with van der Waals surface area (Å²) in [6, 6.07) is 5.39. The fourth-order valence-corrected chi connectivity index (χ4v) is 2.72. The first kappa shape index (κ1) is 20.9. The van der Waals surface area contributed by atoms with Gasteiger partial charge in [0.05, 0.1) is 6.04 Å². The van der Waals surface area contributed by atoms with Gasteiger partial charge >= 0.3 is 5.97 Å². The van der Waals surface area contributed by atoms with Crippen molar-refractivity contribution < 1.29 is 24.3 Å². The normalized spacial score (nSPS) is 12.9. The predicted octanol–water partition coefficient (Wildman–Crippen LogP) is -1.01. The summed E-state index contributed by atoms with van der Waals surface area (Å²) in [6.07, 6.45) is 1.83. The van der Waals surface area contributed by atoms with Crippen LogP contribution in [0.25, 0.3) is 10.9 Å². The third-order valence-corrected chi connectivity index (χ3v) is 4.18. The van der Waals surface area contributed by atoms with E-state index in [1.54, 1.807) is 6.20 Å². The van der Waals surface area contributed by atoms with Gasteiger partial charge in [-0.25, -0.2) is 0 Å². The van der Waals surface area contributed by atoms with Crippen molar-refractivity contribution >= 4 is 34.6 Å². The quantitative estimate of drug-likeness (QED) is 0.303. The van der Waals surface area contributed by atoms with Crippen molar-refractivity contribution in [3.05, 3.63) is 36.0 Å². The number of para-hydroxylation sites is 1. The number of carboxylic acid groups (broad SMARTS) is 1. The summed E-state index contributed by atoms with van der Waals surface area (Å²) in [5.74, 6) is -3.07. The van der Waals surface area contributed by atoms with Crippen LogP contribution in [0.3, 0.4) is 0 Å². The molecule has 0 aliphatic rings. The molecule has 8 N–H and O–H groups in total. The van der Waals surface area contributed by atoms with Gasteiger partial charge in [-0.2, -0.15) is 0 Å².